The van der Waals surface area contributed by atoms with Crippen LogP contribution in [0.15, 0.2) is 75.9 Å². The smallest absolute Gasteiger partial charge is 0.230 e. The molecule has 1 aromatic heterocycles. The summed E-state index contributed by atoms with van der Waals surface area (Å²) in [6, 6.07) is 15.8. The number of aryl methyl sites for hydroxylation is 1. The van der Waals surface area contributed by atoms with Gasteiger partial charge in [-0.15, -0.1) is 0 Å². The van der Waals surface area contributed by atoms with E-state index in [0.717, 1.165) is 26.3 Å². The number of ether oxygens (including phenoxy) is 1. The van der Waals surface area contributed by atoms with Crippen LogP contribution in [0.5, 0.6) is 5.75 Å². The lowest BCUT2D eigenvalue weighted by molar-refractivity contribution is -0.119. The van der Waals surface area contributed by atoms with Crippen LogP contribution in [0.4, 0.5) is 0 Å². The number of carbonyl (C=O) groups is 1. The summed E-state index contributed by atoms with van der Waals surface area (Å²) in [6.07, 6.45) is 3.33. The molecule has 29 heavy (non-hydrogen) atoms. The van der Waals surface area contributed by atoms with Gasteiger partial charge in [-0.05, 0) is 43.2 Å². The summed E-state index contributed by atoms with van der Waals surface area (Å²) in [5.41, 5.74) is 2.21. The first-order valence-corrected chi connectivity index (χ1v) is 11.0. The molecule has 2 aromatic carbocycles. The summed E-state index contributed by atoms with van der Waals surface area (Å²) in [4.78, 5) is 22.4. The Labute approximate surface area is 179 Å². The summed E-state index contributed by atoms with van der Waals surface area (Å²) < 4.78 is 5.17. The van der Waals surface area contributed by atoms with Crippen LogP contribution >= 0.6 is 23.5 Å². The zero-order valence-corrected chi connectivity index (χ0v) is 18.2. The van der Waals surface area contributed by atoms with Crippen LogP contribution in [0.1, 0.15) is 24.1 Å². The van der Waals surface area contributed by atoms with Crippen molar-refractivity contribution < 1.29 is 9.53 Å². The van der Waals surface area contributed by atoms with E-state index in [9.17, 15) is 4.79 Å². The molecule has 0 unspecified atom stereocenters. The minimum Gasteiger partial charge on any atom is -0.497 e. The van der Waals surface area contributed by atoms with Crippen molar-refractivity contribution in [3.05, 3.63) is 72.1 Å². The highest BCUT2D eigenvalue weighted by molar-refractivity contribution is 8.02. The van der Waals surface area contributed by atoms with Crippen LogP contribution in [0.25, 0.3) is 0 Å². The second kappa shape index (κ2) is 10.3. The summed E-state index contributed by atoms with van der Waals surface area (Å²) in [5, 5.41) is 4.59. The molecule has 5 nitrogen and oxygen atoms in total. The third-order valence-electron chi connectivity index (χ3n) is 4.27. The third-order valence-corrected chi connectivity index (χ3v) is 6.54. The monoisotopic (exact) mass is 425 g/mol. The average molecular weight is 426 g/mol. The third kappa shape index (κ3) is 5.98. The molecule has 1 N–H and O–H groups in total. The Morgan fingerprint density at radius 3 is 2.45 bits per heavy atom. The molecule has 1 amide bonds. The number of rotatable bonds is 8. The maximum atomic E-state index is 12.4. The van der Waals surface area contributed by atoms with Gasteiger partial charge in [0, 0.05) is 17.3 Å². The standard InChI is InChI=1S/C22H23N3O2S2/c1-15-6-4-5-7-19(15)29-22-21(23-12-13-24-22)28-14-20(26)25-16(2)17-8-10-18(27-3)11-9-17/h4-13,16H,14H2,1-3H3,(H,25,26)/t16-/m1/s1. The highest BCUT2D eigenvalue weighted by Crippen LogP contribution is 2.34. The topological polar surface area (TPSA) is 64.1 Å². The van der Waals surface area contributed by atoms with E-state index in [4.69, 9.17) is 4.74 Å². The molecule has 150 valence electrons. The van der Waals surface area contributed by atoms with E-state index in [0.29, 0.717) is 0 Å². The molecule has 7 heteroatoms. The highest BCUT2D eigenvalue weighted by atomic mass is 32.2. The number of benzene rings is 2. The maximum absolute atomic E-state index is 12.4. The molecule has 0 spiro atoms. The predicted octanol–water partition coefficient (Wildman–Crippen LogP) is 4.91. The summed E-state index contributed by atoms with van der Waals surface area (Å²) in [6.45, 7) is 4.03. The Morgan fingerprint density at radius 2 is 1.76 bits per heavy atom. The number of carbonyl (C=O) groups excluding carboxylic acids is 1. The maximum Gasteiger partial charge on any atom is 0.230 e. The van der Waals surface area contributed by atoms with Crippen molar-refractivity contribution in [1.82, 2.24) is 15.3 Å². The summed E-state index contributed by atoms with van der Waals surface area (Å²) >= 11 is 2.97. The van der Waals surface area contributed by atoms with Gasteiger partial charge in [-0.3, -0.25) is 4.79 Å². The predicted molar refractivity (Wildman–Crippen MR) is 118 cm³/mol. The second-order valence-electron chi connectivity index (χ2n) is 6.39. The molecule has 0 saturated heterocycles. The van der Waals surface area contributed by atoms with Crippen molar-refractivity contribution in [2.45, 2.75) is 34.8 Å². The van der Waals surface area contributed by atoms with Gasteiger partial charge in [-0.25, -0.2) is 9.97 Å². The molecule has 0 radical (unpaired) electrons. The minimum absolute atomic E-state index is 0.0455. The first kappa shape index (κ1) is 21.2. The van der Waals surface area contributed by atoms with Gasteiger partial charge in [0.2, 0.25) is 5.91 Å². The minimum atomic E-state index is -0.0864. The average Bonchev–Trinajstić information content (AvgIpc) is 2.74. The van der Waals surface area contributed by atoms with Crippen molar-refractivity contribution >= 4 is 29.4 Å². The number of nitrogens with zero attached hydrogens (tertiary/aromatic N) is 2. The van der Waals surface area contributed by atoms with Crippen LogP contribution in [0.2, 0.25) is 0 Å². The van der Waals surface area contributed by atoms with Crippen LogP contribution < -0.4 is 10.1 Å². The van der Waals surface area contributed by atoms with E-state index < -0.39 is 0 Å². The number of amides is 1. The van der Waals surface area contributed by atoms with Gasteiger partial charge in [0.05, 0.1) is 18.9 Å². The highest BCUT2D eigenvalue weighted by Gasteiger charge is 2.14. The van der Waals surface area contributed by atoms with Gasteiger partial charge in [0.15, 0.2) is 0 Å². The van der Waals surface area contributed by atoms with E-state index in [1.54, 1.807) is 31.3 Å². The number of hydrogen-bond acceptors (Lipinski definition) is 6. The van der Waals surface area contributed by atoms with E-state index in [1.807, 2.05) is 43.3 Å². The summed E-state index contributed by atoms with van der Waals surface area (Å²) in [7, 11) is 1.63. The van der Waals surface area contributed by atoms with Gasteiger partial charge >= 0.3 is 0 Å². The summed E-state index contributed by atoms with van der Waals surface area (Å²) in [5.74, 6) is 1.03. The molecule has 0 bridgehead atoms. The zero-order valence-electron chi connectivity index (χ0n) is 16.6. The fraction of sp³-hybridized carbons (Fsp3) is 0.227. The van der Waals surface area contributed by atoms with E-state index in [2.05, 4.69) is 34.3 Å². The Morgan fingerprint density at radius 1 is 1.07 bits per heavy atom. The molecule has 1 heterocycles. The van der Waals surface area contributed by atoms with E-state index >= 15 is 0 Å². The van der Waals surface area contributed by atoms with Gasteiger partial charge in [-0.1, -0.05) is 53.9 Å². The van der Waals surface area contributed by atoms with Crippen LogP contribution in [-0.4, -0.2) is 28.7 Å². The number of nitrogens with one attached hydrogen (secondary N) is 1. The molecule has 3 aromatic rings. The van der Waals surface area contributed by atoms with E-state index in [1.165, 1.54) is 17.3 Å². The lowest BCUT2D eigenvalue weighted by Crippen LogP contribution is -2.28. The quantitative estimate of drug-likeness (QED) is 0.517. The number of hydrogen-bond donors (Lipinski definition) is 1. The molecular formula is C22H23N3O2S2. The first-order chi connectivity index (χ1) is 14.1. The largest absolute Gasteiger partial charge is 0.497 e. The van der Waals surface area contributed by atoms with Crippen molar-refractivity contribution in [3.8, 4) is 5.75 Å². The van der Waals surface area contributed by atoms with Gasteiger partial charge in [-0.2, -0.15) is 0 Å². The van der Waals surface area contributed by atoms with Crippen molar-refractivity contribution in [1.29, 1.82) is 0 Å². The fourth-order valence-corrected chi connectivity index (χ4v) is 4.45. The normalized spacial score (nSPS) is 11.7. The molecular weight excluding hydrogens is 402 g/mol. The lowest BCUT2D eigenvalue weighted by Gasteiger charge is -2.15. The van der Waals surface area contributed by atoms with Crippen molar-refractivity contribution in [2.24, 2.45) is 0 Å². The van der Waals surface area contributed by atoms with Crippen molar-refractivity contribution in [3.63, 3.8) is 0 Å². The molecule has 0 fully saturated rings. The van der Waals surface area contributed by atoms with Crippen LogP contribution in [-0.2, 0) is 4.79 Å². The second-order valence-corrected chi connectivity index (χ2v) is 8.38. The van der Waals surface area contributed by atoms with Gasteiger partial charge in [0.1, 0.15) is 15.8 Å². The molecule has 1 atom stereocenters. The SMILES string of the molecule is COc1ccc([C@@H](C)NC(=O)CSc2nccnc2Sc2ccccc2C)cc1. The zero-order chi connectivity index (χ0) is 20.6. The van der Waals surface area contributed by atoms with E-state index in [-0.39, 0.29) is 17.7 Å². The Bertz CT molecular complexity index is 964. The molecule has 0 aliphatic rings. The Balaban J connectivity index is 1.59. The number of aromatic nitrogens is 2. The fourth-order valence-electron chi connectivity index (χ4n) is 2.65. The van der Waals surface area contributed by atoms with Gasteiger partial charge < -0.3 is 10.1 Å². The van der Waals surface area contributed by atoms with Crippen molar-refractivity contribution in [2.75, 3.05) is 12.9 Å². The van der Waals surface area contributed by atoms with Gasteiger partial charge in [0.25, 0.3) is 0 Å². The molecule has 0 aliphatic carbocycles. The number of thioether (sulfide) groups is 1. The molecule has 3 rings (SSSR count). The Kier molecular flexibility index (Phi) is 7.55. The first-order valence-electron chi connectivity index (χ1n) is 9.17. The lowest BCUT2D eigenvalue weighted by atomic mass is 10.1. The molecule has 0 aliphatic heterocycles. The van der Waals surface area contributed by atoms with Crippen LogP contribution in [0, 0.1) is 6.92 Å². The Hall–Kier alpha value is -2.51. The molecule has 0 saturated carbocycles. The number of methoxy groups -OCH3 is 1. The van der Waals surface area contributed by atoms with Crippen LogP contribution in [0.3, 0.4) is 0 Å².